The molecule has 0 heterocycles. The average molecular weight is 270 g/mol. The van der Waals surface area contributed by atoms with Gasteiger partial charge in [-0.15, -0.1) is 0 Å². The largest absolute Gasteiger partial charge is 0.392 e. The molecule has 0 spiro atoms. The fourth-order valence-corrected chi connectivity index (χ4v) is 2.22. The fourth-order valence-electron chi connectivity index (χ4n) is 2.22. The molecule has 0 aliphatic heterocycles. The predicted octanol–water partition coefficient (Wildman–Crippen LogP) is 3.46. The number of aliphatic hydroxyl groups is 1. The second kappa shape index (κ2) is 7.22. The van der Waals surface area contributed by atoms with Crippen molar-refractivity contribution in [3.8, 4) is 0 Å². The summed E-state index contributed by atoms with van der Waals surface area (Å²) in [4.78, 5) is 2.23. The zero-order valence-electron chi connectivity index (χ0n) is 12.9. The first-order chi connectivity index (χ1) is 10.2. The van der Waals surface area contributed by atoms with E-state index in [0.29, 0.717) is 0 Å². The normalized spacial score (nSPS) is 14.8. The third-order valence-corrected chi connectivity index (χ3v) is 3.59. The molecule has 2 atom stereocenters. The van der Waals surface area contributed by atoms with E-state index in [-0.39, 0.29) is 12.9 Å². The summed E-state index contributed by atoms with van der Waals surface area (Å²) in [5.74, 6) is 0. The van der Waals surface area contributed by atoms with Crippen LogP contribution in [0.4, 0.5) is 0 Å². The van der Waals surface area contributed by atoms with Gasteiger partial charge in [0, 0.05) is 20.5 Å². The molecular weight excluding hydrogens is 246 g/mol. The Morgan fingerprint density at radius 2 is 1.40 bits per heavy atom. The van der Waals surface area contributed by atoms with Crippen molar-refractivity contribution in [2.45, 2.75) is 39.1 Å². The van der Waals surface area contributed by atoms with Crippen molar-refractivity contribution in [1.82, 2.24) is 4.90 Å². The van der Waals surface area contributed by atoms with E-state index in [1.165, 1.54) is 11.1 Å². The third-order valence-electron chi connectivity index (χ3n) is 3.59. The van der Waals surface area contributed by atoms with Crippen LogP contribution < -0.4 is 0 Å². The minimum absolute atomic E-state index is 0.0290. The predicted molar refractivity (Wildman–Crippen MR) is 83.3 cm³/mol. The zero-order valence-corrected chi connectivity index (χ0v) is 11.9. The monoisotopic (exact) mass is 270 g/mol. The molecule has 0 fully saturated rings. The minimum Gasteiger partial charge on any atom is -0.392 e. The molecule has 2 nitrogen and oxygen atoms in total. The lowest BCUT2D eigenvalue weighted by atomic mass is 10.1. The molecule has 2 aromatic carbocycles. The summed E-state index contributed by atoms with van der Waals surface area (Å²) in [6.07, 6.45) is -0.627. The van der Waals surface area contributed by atoms with Crippen LogP contribution in [0.25, 0.3) is 0 Å². The first kappa shape index (κ1) is 13.3. The number of hydrogen-bond donors (Lipinski definition) is 1. The fraction of sp³-hybridized carbons (Fsp3) is 0.333. The lowest BCUT2D eigenvalue weighted by molar-refractivity contribution is 0.0610. The second-order valence-electron chi connectivity index (χ2n) is 5.18. The molecule has 2 aromatic rings. The highest BCUT2D eigenvalue weighted by molar-refractivity contribution is 5.17. The zero-order chi connectivity index (χ0) is 15.1. The highest BCUT2D eigenvalue weighted by Gasteiger charge is 2.18. The molecule has 0 bridgehead atoms. The molecular formula is C18H23NO. The molecule has 2 heteroatoms. The summed E-state index contributed by atoms with van der Waals surface area (Å²) < 4.78 is 7.42. The highest BCUT2D eigenvalue weighted by Crippen LogP contribution is 2.15. The molecule has 0 saturated carbocycles. The van der Waals surface area contributed by atoms with E-state index in [1.54, 1.807) is 0 Å². The van der Waals surface area contributed by atoms with E-state index >= 15 is 0 Å². The summed E-state index contributed by atoms with van der Waals surface area (Å²) in [7, 11) is 0. The van der Waals surface area contributed by atoms with Gasteiger partial charge in [-0.1, -0.05) is 60.7 Å². The molecule has 0 aliphatic carbocycles. The van der Waals surface area contributed by atoms with Gasteiger partial charge in [-0.3, -0.25) is 4.90 Å². The second-order valence-corrected chi connectivity index (χ2v) is 5.18. The van der Waals surface area contributed by atoms with Gasteiger partial charge in [0.05, 0.1) is 6.10 Å². The summed E-state index contributed by atoms with van der Waals surface area (Å²) >= 11 is 0. The van der Waals surface area contributed by atoms with Crippen molar-refractivity contribution in [2.24, 2.45) is 0 Å². The van der Waals surface area contributed by atoms with Crippen molar-refractivity contribution in [3.63, 3.8) is 0 Å². The number of rotatable bonds is 6. The first-order valence-electron chi connectivity index (χ1n) is 7.70. The highest BCUT2D eigenvalue weighted by atomic mass is 16.3. The molecule has 0 amide bonds. The average Bonchev–Trinajstić information content (AvgIpc) is 2.54. The molecule has 0 aliphatic rings. The van der Waals surface area contributed by atoms with E-state index < -0.39 is 6.10 Å². The van der Waals surface area contributed by atoms with E-state index in [2.05, 4.69) is 29.2 Å². The van der Waals surface area contributed by atoms with E-state index in [9.17, 15) is 5.11 Å². The van der Waals surface area contributed by atoms with Crippen molar-refractivity contribution in [2.75, 3.05) is 0 Å². The topological polar surface area (TPSA) is 23.5 Å². The van der Waals surface area contributed by atoms with Crippen molar-refractivity contribution in [3.05, 3.63) is 71.8 Å². The van der Waals surface area contributed by atoms with Crippen LogP contribution in [0.1, 0.15) is 26.3 Å². The van der Waals surface area contributed by atoms with Crippen molar-refractivity contribution in [1.29, 1.82) is 0 Å². The maximum absolute atomic E-state index is 10.0. The summed E-state index contributed by atoms with van der Waals surface area (Å²) in [6.45, 7) is 3.56. The SMILES string of the molecule is [2H]C[C@H](O)[C@H](C)N(Cc1ccccc1)Cc1ccccc1. The molecule has 20 heavy (non-hydrogen) atoms. The number of aliphatic hydroxyl groups excluding tert-OH is 1. The van der Waals surface area contributed by atoms with Gasteiger partial charge in [-0.25, -0.2) is 0 Å². The molecule has 1 N–H and O–H groups in total. The van der Waals surface area contributed by atoms with Gasteiger partial charge in [0.25, 0.3) is 0 Å². The van der Waals surface area contributed by atoms with Crippen LogP contribution in [-0.2, 0) is 13.1 Å². The van der Waals surface area contributed by atoms with Gasteiger partial charge in [0.2, 0.25) is 0 Å². The van der Waals surface area contributed by atoms with Crippen LogP contribution >= 0.6 is 0 Å². The van der Waals surface area contributed by atoms with Gasteiger partial charge in [-0.05, 0) is 25.0 Å². The van der Waals surface area contributed by atoms with Crippen molar-refractivity contribution < 1.29 is 6.48 Å². The molecule has 0 aromatic heterocycles. The number of hydrogen-bond acceptors (Lipinski definition) is 2. The minimum atomic E-state index is -0.627. The third kappa shape index (κ3) is 4.19. The van der Waals surface area contributed by atoms with Crippen LogP contribution in [-0.4, -0.2) is 22.2 Å². The van der Waals surface area contributed by atoms with Crippen LogP contribution in [0.3, 0.4) is 0 Å². The quantitative estimate of drug-likeness (QED) is 0.869. The summed E-state index contributed by atoms with van der Waals surface area (Å²) in [5, 5.41) is 10.0. The Hall–Kier alpha value is -1.64. The van der Waals surface area contributed by atoms with Gasteiger partial charge in [0.15, 0.2) is 0 Å². The van der Waals surface area contributed by atoms with Crippen LogP contribution in [0.2, 0.25) is 0 Å². The maximum Gasteiger partial charge on any atom is 0.0664 e. The standard InChI is InChI=1S/C18H23NO/c1-15(16(2)20)19(13-17-9-5-3-6-10-17)14-18-11-7-4-8-12-18/h3-12,15-16,20H,13-14H2,1-2H3/t15-,16-/m0/s1/i2D. The first-order valence-corrected chi connectivity index (χ1v) is 7.00. The Balaban J connectivity index is 2.13. The lowest BCUT2D eigenvalue weighted by Crippen LogP contribution is -2.39. The van der Waals surface area contributed by atoms with E-state index in [0.717, 1.165) is 13.1 Å². The molecule has 106 valence electrons. The van der Waals surface area contributed by atoms with E-state index in [1.807, 2.05) is 43.3 Å². The van der Waals surface area contributed by atoms with Crippen LogP contribution in [0.15, 0.2) is 60.7 Å². The van der Waals surface area contributed by atoms with Gasteiger partial charge >= 0.3 is 0 Å². The van der Waals surface area contributed by atoms with Gasteiger partial charge < -0.3 is 5.11 Å². The Morgan fingerprint density at radius 3 is 1.80 bits per heavy atom. The Labute approximate surface area is 123 Å². The summed E-state index contributed by atoms with van der Waals surface area (Å²) in [5.41, 5.74) is 2.44. The smallest absolute Gasteiger partial charge is 0.0664 e. The number of nitrogens with zero attached hydrogens (tertiary/aromatic N) is 1. The van der Waals surface area contributed by atoms with Gasteiger partial charge in [-0.2, -0.15) is 0 Å². The van der Waals surface area contributed by atoms with Crippen LogP contribution in [0.5, 0.6) is 0 Å². The Bertz CT molecular complexity index is 476. The van der Waals surface area contributed by atoms with Crippen molar-refractivity contribution >= 4 is 0 Å². The van der Waals surface area contributed by atoms with Crippen LogP contribution in [0, 0.1) is 0 Å². The summed E-state index contributed by atoms with van der Waals surface area (Å²) in [6, 6.07) is 20.5. The van der Waals surface area contributed by atoms with Gasteiger partial charge in [0.1, 0.15) is 0 Å². The lowest BCUT2D eigenvalue weighted by Gasteiger charge is -2.31. The van der Waals surface area contributed by atoms with E-state index in [4.69, 9.17) is 1.37 Å². The Morgan fingerprint density at radius 1 is 0.950 bits per heavy atom. The molecule has 0 radical (unpaired) electrons. The molecule has 0 unspecified atom stereocenters. The Kier molecular flexibility index (Phi) is 4.82. The molecule has 0 saturated heterocycles. The number of benzene rings is 2. The maximum atomic E-state index is 10.0. The molecule has 2 rings (SSSR count).